The molecule has 0 amide bonds. The van der Waals surface area contributed by atoms with Gasteiger partial charge in [0.05, 0.1) is 13.2 Å². The molecular formula is C35H52O5. The van der Waals surface area contributed by atoms with Crippen LogP contribution in [0.3, 0.4) is 0 Å². The summed E-state index contributed by atoms with van der Waals surface area (Å²) in [6.45, 7) is 9.21. The molecule has 2 aliphatic heterocycles. The van der Waals surface area contributed by atoms with Crippen LogP contribution in [0.5, 0.6) is 0 Å². The van der Waals surface area contributed by atoms with Crippen molar-refractivity contribution in [1.82, 2.24) is 0 Å². The highest BCUT2D eigenvalue weighted by molar-refractivity contribution is 5.25. The van der Waals surface area contributed by atoms with E-state index in [4.69, 9.17) is 23.7 Å². The number of unbranched alkanes of at least 4 members (excludes halogenated alkanes) is 1. The van der Waals surface area contributed by atoms with Crippen LogP contribution in [-0.4, -0.2) is 52.2 Å². The average molecular weight is 553 g/mol. The van der Waals surface area contributed by atoms with Crippen molar-refractivity contribution in [3.63, 3.8) is 0 Å². The quantitative estimate of drug-likeness (QED) is 0.186. The van der Waals surface area contributed by atoms with Gasteiger partial charge in [-0.1, -0.05) is 80.9 Å². The first kappa shape index (κ1) is 31.2. The van der Waals surface area contributed by atoms with Gasteiger partial charge in [0.25, 0.3) is 0 Å². The van der Waals surface area contributed by atoms with Gasteiger partial charge in [-0.05, 0) is 75.3 Å². The van der Waals surface area contributed by atoms with Gasteiger partial charge in [-0.3, -0.25) is 0 Å². The van der Waals surface area contributed by atoms with E-state index in [0.29, 0.717) is 13.2 Å². The van der Waals surface area contributed by atoms with Crippen molar-refractivity contribution in [2.24, 2.45) is 0 Å². The van der Waals surface area contributed by atoms with Crippen molar-refractivity contribution in [2.75, 3.05) is 39.6 Å². The zero-order valence-corrected chi connectivity index (χ0v) is 25.0. The number of hydrogen-bond donors (Lipinski definition) is 0. The second-order valence-corrected chi connectivity index (χ2v) is 12.2. The van der Waals surface area contributed by atoms with Crippen LogP contribution in [0.4, 0.5) is 0 Å². The van der Waals surface area contributed by atoms with Crippen LogP contribution in [0.1, 0.15) is 95.6 Å². The second kappa shape index (κ2) is 16.6. The predicted molar refractivity (Wildman–Crippen MR) is 161 cm³/mol. The van der Waals surface area contributed by atoms with Gasteiger partial charge in [0.2, 0.25) is 0 Å². The molecule has 4 unspecified atom stereocenters. The van der Waals surface area contributed by atoms with Crippen molar-refractivity contribution in [3.05, 3.63) is 71.8 Å². The summed E-state index contributed by atoms with van der Waals surface area (Å²) in [6, 6.07) is 21.6. The lowest BCUT2D eigenvalue weighted by Gasteiger charge is -2.33. The summed E-state index contributed by atoms with van der Waals surface area (Å²) in [4.78, 5) is 0. The maximum absolute atomic E-state index is 6.27. The van der Waals surface area contributed by atoms with E-state index < -0.39 is 0 Å². The molecule has 4 rings (SSSR count). The first-order valence-electron chi connectivity index (χ1n) is 15.7. The summed E-state index contributed by atoms with van der Waals surface area (Å²) < 4.78 is 30.3. The Hall–Kier alpha value is -1.76. The highest BCUT2D eigenvalue weighted by atomic mass is 16.7. The van der Waals surface area contributed by atoms with Gasteiger partial charge in [-0.2, -0.15) is 0 Å². The van der Waals surface area contributed by atoms with Gasteiger partial charge >= 0.3 is 0 Å². The monoisotopic (exact) mass is 552 g/mol. The fourth-order valence-electron chi connectivity index (χ4n) is 5.91. The largest absolute Gasteiger partial charge is 0.381 e. The van der Waals surface area contributed by atoms with E-state index in [2.05, 4.69) is 74.5 Å². The summed E-state index contributed by atoms with van der Waals surface area (Å²) in [5.74, 6) is 0. The lowest BCUT2D eigenvalue weighted by Crippen LogP contribution is -2.33. The minimum absolute atomic E-state index is 0.0262. The molecule has 5 nitrogen and oxygen atoms in total. The van der Waals surface area contributed by atoms with Gasteiger partial charge in [-0.15, -0.1) is 0 Å². The molecule has 0 spiro atoms. The Morgan fingerprint density at radius 3 is 1.57 bits per heavy atom. The minimum Gasteiger partial charge on any atom is -0.381 e. The van der Waals surface area contributed by atoms with Crippen molar-refractivity contribution in [2.45, 2.75) is 108 Å². The Kier molecular flexibility index (Phi) is 13.0. The Balaban J connectivity index is 1.18. The van der Waals surface area contributed by atoms with Crippen LogP contribution in [-0.2, 0) is 34.5 Å². The van der Waals surface area contributed by atoms with Crippen LogP contribution < -0.4 is 0 Å². The molecule has 2 heterocycles. The summed E-state index contributed by atoms with van der Waals surface area (Å²) in [7, 11) is 0. The zero-order chi connectivity index (χ0) is 27.9. The minimum atomic E-state index is -0.0600. The van der Waals surface area contributed by atoms with E-state index in [-0.39, 0.29) is 23.4 Å². The van der Waals surface area contributed by atoms with Gasteiger partial charge in [-0.25, -0.2) is 0 Å². The molecule has 0 radical (unpaired) electrons. The Morgan fingerprint density at radius 1 is 0.625 bits per heavy atom. The van der Waals surface area contributed by atoms with Crippen LogP contribution in [0.15, 0.2) is 60.7 Å². The SMILES string of the molecule is CC(CCCCOCCCC(C)(COC1CCCCO1)c1ccccc1)(COC1CCCCO1)c1ccccc1. The van der Waals surface area contributed by atoms with Gasteiger partial charge in [0, 0.05) is 37.3 Å². The first-order valence-corrected chi connectivity index (χ1v) is 15.7. The van der Waals surface area contributed by atoms with Gasteiger partial charge < -0.3 is 23.7 Å². The average Bonchev–Trinajstić information content (AvgIpc) is 3.02. The standard InChI is InChI=1S/C35H52O5/c1-34(30-16-5-3-6-17-30,28-39-32-20-9-12-26-37-32)22-11-14-24-36-25-15-23-35(2,31-18-7-4-8-19-31)29-40-33-21-10-13-27-38-33/h3-8,16-19,32-33H,9-15,20-29H2,1-2H3. The Bertz CT molecular complexity index is 848. The molecule has 2 aromatic carbocycles. The second-order valence-electron chi connectivity index (χ2n) is 12.2. The lowest BCUT2D eigenvalue weighted by molar-refractivity contribution is -0.171. The third-order valence-corrected chi connectivity index (χ3v) is 8.68. The zero-order valence-electron chi connectivity index (χ0n) is 25.0. The van der Waals surface area contributed by atoms with E-state index in [1.807, 2.05) is 0 Å². The van der Waals surface area contributed by atoms with E-state index in [1.54, 1.807) is 0 Å². The predicted octanol–water partition coefficient (Wildman–Crippen LogP) is 7.96. The summed E-state index contributed by atoms with van der Waals surface area (Å²) in [5, 5.41) is 0. The number of rotatable bonds is 17. The Labute approximate surface area is 242 Å². The van der Waals surface area contributed by atoms with Crippen molar-refractivity contribution >= 4 is 0 Å². The molecule has 2 aliphatic rings. The molecular weight excluding hydrogens is 500 g/mol. The lowest BCUT2D eigenvalue weighted by atomic mass is 9.79. The highest BCUT2D eigenvalue weighted by Gasteiger charge is 2.30. The molecule has 4 atom stereocenters. The molecule has 2 fully saturated rings. The van der Waals surface area contributed by atoms with Crippen molar-refractivity contribution in [3.8, 4) is 0 Å². The van der Waals surface area contributed by atoms with Crippen LogP contribution in [0.2, 0.25) is 0 Å². The molecule has 2 aromatic rings. The maximum Gasteiger partial charge on any atom is 0.157 e. The summed E-state index contributed by atoms with van der Waals surface area (Å²) in [6.07, 6.45) is 11.8. The molecule has 0 bridgehead atoms. The van der Waals surface area contributed by atoms with Crippen LogP contribution in [0.25, 0.3) is 0 Å². The van der Waals surface area contributed by atoms with E-state index in [1.165, 1.54) is 24.0 Å². The third kappa shape index (κ3) is 9.95. The van der Waals surface area contributed by atoms with Crippen molar-refractivity contribution < 1.29 is 23.7 Å². The third-order valence-electron chi connectivity index (χ3n) is 8.68. The fourth-order valence-corrected chi connectivity index (χ4v) is 5.91. The van der Waals surface area contributed by atoms with Crippen molar-refractivity contribution in [1.29, 1.82) is 0 Å². The topological polar surface area (TPSA) is 46.2 Å². The molecule has 0 saturated carbocycles. The molecule has 5 heteroatoms. The van der Waals surface area contributed by atoms with Crippen LogP contribution >= 0.6 is 0 Å². The molecule has 0 aromatic heterocycles. The van der Waals surface area contributed by atoms with Gasteiger partial charge in [0.1, 0.15) is 0 Å². The normalized spacial score (nSPS) is 22.9. The Morgan fingerprint density at radius 2 is 1.10 bits per heavy atom. The van der Waals surface area contributed by atoms with Crippen LogP contribution in [0, 0.1) is 0 Å². The van der Waals surface area contributed by atoms with E-state index in [9.17, 15) is 0 Å². The molecule has 40 heavy (non-hydrogen) atoms. The summed E-state index contributed by atoms with van der Waals surface area (Å²) in [5.41, 5.74) is 2.59. The molecule has 0 N–H and O–H groups in total. The summed E-state index contributed by atoms with van der Waals surface area (Å²) >= 11 is 0. The molecule has 0 aliphatic carbocycles. The smallest absolute Gasteiger partial charge is 0.157 e. The van der Waals surface area contributed by atoms with E-state index >= 15 is 0 Å². The maximum atomic E-state index is 6.27. The number of hydrogen-bond acceptors (Lipinski definition) is 5. The van der Waals surface area contributed by atoms with E-state index in [0.717, 1.165) is 84.2 Å². The highest BCUT2D eigenvalue weighted by Crippen LogP contribution is 2.32. The molecule has 222 valence electrons. The first-order chi connectivity index (χ1) is 19.6. The number of benzene rings is 2. The van der Waals surface area contributed by atoms with Gasteiger partial charge in [0.15, 0.2) is 12.6 Å². The number of ether oxygens (including phenoxy) is 5. The fraction of sp³-hybridized carbons (Fsp3) is 0.657. The molecule has 2 saturated heterocycles.